The summed E-state index contributed by atoms with van der Waals surface area (Å²) >= 11 is 6.01. The summed E-state index contributed by atoms with van der Waals surface area (Å²) in [6.07, 6.45) is 2.37. The Morgan fingerprint density at radius 2 is 2.18 bits per heavy atom. The van der Waals surface area contributed by atoms with Gasteiger partial charge in [-0.05, 0) is 30.7 Å². The molecule has 4 heteroatoms. The van der Waals surface area contributed by atoms with Crippen molar-refractivity contribution in [1.82, 2.24) is 9.38 Å². The molecular formula is C13H9ClN2O. The second kappa shape index (κ2) is 3.57. The molecule has 1 aromatic carbocycles. The lowest BCUT2D eigenvalue weighted by molar-refractivity contribution is 0.111. The average Bonchev–Trinajstić information content (AvgIpc) is 2.71. The summed E-state index contributed by atoms with van der Waals surface area (Å²) in [5.41, 5.74) is 3.32. The SMILES string of the molecule is Cc1cc2ncc(C=O)n2c2cc(Cl)ccc12. The Bertz CT molecular complexity index is 746. The third kappa shape index (κ3) is 1.43. The highest BCUT2D eigenvalue weighted by Gasteiger charge is 2.09. The van der Waals surface area contributed by atoms with Gasteiger partial charge in [-0.25, -0.2) is 4.98 Å². The van der Waals surface area contributed by atoms with Crippen molar-refractivity contribution in [2.75, 3.05) is 0 Å². The standard InChI is InChI=1S/C13H9ClN2O/c1-8-4-13-15-6-10(7-17)16(13)12-5-9(14)2-3-11(8)12/h2-7H,1H3. The van der Waals surface area contributed by atoms with Gasteiger partial charge < -0.3 is 0 Å². The van der Waals surface area contributed by atoms with Crippen LogP contribution in [0.4, 0.5) is 0 Å². The maximum Gasteiger partial charge on any atom is 0.168 e. The van der Waals surface area contributed by atoms with Crippen molar-refractivity contribution in [2.24, 2.45) is 0 Å². The molecule has 0 saturated heterocycles. The molecule has 0 aliphatic rings. The highest BCUT2D eigenvalue weighted by Crippen LogP contribution is 2.25. The molecule has 0 amide bonds. The molecule has 2 heterocycles. The molecule has 3 rings (SSSR count). The Hall–Kier alpha value is -1.87. The van der Waals surface area contributed by atoms with Gasteiger partial charge in [0.05, 0.1) is 11.7 Å². The van der Waals surface area contributed by atoms with Crippen LogP contribution in [0, 0.1) is 6.92 Å². The van der Waals surface area contributed by atoms with Gasteiger partial charge in [0.15, 0.2) is 6.29 Å². The number of benzene rings is 1. The van der Waals surface area contributed by atoms with Gasteiger partial charge in [-0.1, -0.05) is 17.7 Å². The van der Waals surface area contributed by atoms with Crippen LogP contribution in [0.1, 0.15) is 16.1 Å². The maximum absolute atomic E-state index is 11.0. The molecule has 0 aliphatic carbocycles. The lowest BCUT2D eigenvalue weighted by atomic mass is 10.1. The number of pyridine rings is 1. The fourth-order valence-electron chi connectivity index (χ4n) is 2.12. The smallest absolute Gasteiger partial charge is 0.168 e. The van der Waals surface area contributed by atoms with E-state index < -0.39 is 0 Å². The lowest BCUT2D eigenvalue weighted by Gasteiger charge is -2.07. The summed E-state index contributed by atoms with van der Waals surface area (Å²) < 4.78 is 1.82. The number of fused-ring (bicyclic) bond motifs is 3. The minimum Gasteiger partial charge on any atom is -0.296 e. The first-order valence-electron chi connectivity index (χ1n) is 5.22. The molecule has 0 spiro atoms. The minimum absolute atomic E-state index is 0.535. The fraction of sp³-hybridized carbons (Fsp3) is 0.0769. The van der Waals surface area contributed by atoms with Crippen LogP contribution < -0.4 is 0 Å². The first-order valence-corrected chi connectivity index (χ1v) is 5.60. The maximum atomic E-state index is 11.0. The van der Waals surface area contributed by atoms with Crippen molar-refractivity contribution in [3.63, 3.8) is 0 Å². The van der Waals surface area contributed by atoms with E-state index in [2.05, 4.69) is 4.98 Å². The van der Waals surface area contributed by atoms with Crippen molar-refractivity contribution < 1.29 is 4.79 Å². The molecule has 3 nitrogen and oxygen atoms in total. The Morgan fingerprint density at radius 1 is 1.35 bits per heavy atom. The molecule has 0 atom stereocenters. The summed E-state index contributed by atoms with van der Waals surface area (Å²) in [7, 11) is 0. The van der Waals surface area contributed by atoms with Gasteiger partial charge >= 0.3 is 0 Å². The highest BCUT2D eigenvalue weighted by molar-refractivity contribution is 6.31. The molecule has 0 aliphatic heterocycles. The van der Waals surface area contributed by atoms with Crippen molar-refractivity contribution >= 4 is 34.4 Å². The number of hydrogen-bond donors (Lipinski definition) is 0. The van der Waals surface area contributed by atoms with E-state index in [1.165, 1.54) is 0 Å². The quantitative estimate of drug-likeness (QED) is 0.616. The first-order chi connectivity index (χ1) is 8.20. The van der Waals surface area contributed by atoms with Crippen LogP contribution >= 0.6 is 11.6 Å². The second-order valence-electron chi connectivity index (χ2n) is 3.98. The zero-order valence-corrected chi connectivity index (χ0v) is 9.90. The van der Waals surface area contributed by atoms with E-state index in [1.54, 1.807) is 6.20 Å². The number of nitrogens with zero attached hydrogens (tertiary/aromatic N) is 2. The van der Waals surface area contributed by atoms with E-state index in [-0.39, 0.29) is 0 Å². The summed E-state index contributed by atoms with van der Waals surface area (Å²) in [6, 6.07) is 7.62. The number of aryl methyl sites for hydroxylation is 1. The monoisotopic (exact) mass is 244 g/mol. The Balaban J connectivity index is 2.62. The molecule has 0 N–H and O–H groups in total. The van der Waals surface area contributed by atoms with Crippen LogP contribution in [-0.4, -0.2) is 15.7 Å². The number of rotatable bonds is 1. The topological polar surface area (TPSA) is 34.4 Å². The molecule has 17 heavy (non-hydrogen) atoms. The van der Waals surface area contributed by atoms with Gasteiger partial charge in [-0.3, -0.25) is 9.20 Å². The number of hydrogen-bond acceptors (Lipinski definition) is 2. The van der Waals surface area contributed by atoms with E-state index >= 15 is 0 Å². The minimum atomic E-state index is 0.535. The van der Waals surface area contributed by atoms with E-state index in [4.69, 9.17) is 11.6 Å². The van der Waals surface area contributed by atoms with Crippen molar-refractivity contribution in [3.8, 4) is 0 Å². The molecular weight excluding hydrogens is 236 g/mol. The van der Waals surface area contributed by atoms with Crippen LogP contribution in [0.5, 0.6) is 0 Å². The second-order valence-corrected chi connectivity index (χ2v) is 4.42. The number of carbonyl (C=O) groups excluding carboxylic acids is 1. The summed E-state index contributed by atoms with van der Waals surface area (Å²) in [4.78, 5) is 15.2. The van der Waals surface area contributed by atoms with Gasteiger partial charge in [0.25, 0.3) is 0 Å². The number of halogens is 1. The van der Waals surface area contributed by atoms with Crippen LogP contribution in [0.2, 0.25) is 5.02 Å². The van der Waals surface area contributed by atoms with Gasteiger partial charge in [-0.2, -0.15) is 0 Å². The van der Waals surface area contributed by atoms with Gasteiger partial charge in [0.2, 0.25) is 0 Å². The third-order valence-electron chi connectivity index (χ3n) is 2.91. The zero-order valence-electron chi connectivity index (χ0n) is 9.14. The molecule has 0 saturated carbocycles. The van der Waals surface area contributed by atoms with Gasteiger partial charge in [0, 0.05) is 10.4 Å². The van der Waals surface area contributed by atoms with Gasteiger partial charge in [0.1, 0.15) is 11.3 Å². The molecule has 0 radical (unpaired) electrons. The van der Waals surface area contributed by atoms with Gasteiger partial charge in [-0.15, -0.1) is 0 Å². The van der Waals surface area contributed by atoms with E-state index in [0.717, 1.165) is 28.4 Å². The average molecular weight is 245 g/mol. The first kappa shape index (κ1) is 10.3. The van der Waals surface area contributed by atoms with E-state index in [1.807, 2.05) is 35.6 Å². The zero-order chi connectivity index (χ0) is 12.0. The third-order valence-corrected chi connectivity index (χ3v) is 3.14. The summed E-state index contributed by atoms with van der Waals surface area (Å²) in [5.74, 6) is 0. The fourth-order valence-corrected chi connectivity index (χ4v) is 2.29. The molecule has 3 aromatic rings. The number of carbonyl (C=O) groups is 1. The Kier molecular flexibility index (Phi) is 2.16. The summed E-state index contributed by atoms with van der Waals surface area (Å²) in [6.45, 7) is 2.02. The Morgan fingerprint density at radius 3 is 2.94 bits per heavy atom. The van der Waals surface area contributed by atoms with Crippen molar-refractivity contribution in [1.29, 1.82) is 0 Å². The number of aldehydes is 1. The largest absolute Gasteiger partial charge is 0.296 e. The lowest BCUT2D eigenvalue weighted by Crippen LogP contribution is -1.95. The molecule has 2 aromatic heterocycles. The van der Waals surface area contributed by atoms with Crippen LogP contribution in [0.25, 0.3) is 16.6 Å². The normalized spacial score (nSPS) is 11.2. The molecule has 0 unspecified atom stereocenters. The van der Waals surface area contributed by atoms with E-state index in [0.29, 0.717) is 10.7 Å². The Labute approximate surface area is 103 Å². The number of aromatic nitrogens is 2. The van der Waals surface area contributed by atoms with E-state index in [9.17, 15) is 4.79 Å². The number of imidazole rings is 1. The molecule has 0 fully saturated rings. The van der Waals surface area contributed by atoms with Crippen LogP contribution in [-0.2, 0) is 0 Å². The van der Waals surface area contributed by atoms with Crippen molar-refractivity contribution in [3.05, 3.63) is 46.7 Å². The predicted octanol–water partition coefficient (Wildman–Crippen LogP) is 3.26. The summed E-state index contributed by atoms with van der Waals surface area (Å²) in [5, 5.41) is 1.72. The predicted molar refractivity (Wildman–Crippen MR) is 67.8 cm³/mol. The molecule has 84 valence electrons. The highest BCUT2D eigenvalue weighted by atomic mass is 35.5. The van der Waals surface area contributed by atoms with Crippen LogP contribution in [0.15, 0.2) is 30.5 Å². The molecule has 0 bridgehead atoms. The van der Waals surface area contributed by atoms with Crippen LogP contribution in [0.3, 0.4) is 0 Å². The van der Waals surface area contributed by atoms with Crippen molar-refractivity contribution in [2.45, 2.75) is 6.92 Å².